The Morgan fingerprint density at radius 2 is 1.92 bits per heavy atom. The molecule has 25 heavy (non-hydrogen) atoms. The first-order valence-electron chi connectivity index (χ1n) is 8.52. The highest BCUT2D eigenvalue weighted by Crippen LogP contribution is 2.28. The number of hydrogen-bond acceptors (Lipinski definition) is 3. The number of hydrogen-bond donors (Lipinski definition) is 1. The zero-order valence-corrected chi connectivity index (χ0v) is 14.5. The van der Waals surface area contributed by atoms with E-state index in [-0.39, 0.29) is 0 Å². The third kappa shape index (κ3) is 2.93. The Kier molecular flexibility index (Phi) is 3.85. The zero-order valence-electron chi connectivity index (χ0n) is 14.5. The Morgan fingerprint density at radius 1 is 1.04 bits per heavy atom. The van der Waals surface area contributed by atoms with Gasteiger partial charge in [-0.2, -0.15) is 0 Å². The predicted octanol–water partition coefficient (Wildman–Crippen LogP) is 4.57. The van der Waals surface area contributed by atoms with Gasteiger partial charge in [-0.15, -0.1) is 0 Å². The summed E-state index contributed by atoms with van der Waals surface area (Å²) in [4.78, 5) is 9.11. The number of anilines is 1. The summed E-state index contributed by atoms with van der Waals surface area (Å²) in [5.41, 5.74) is 12.9. The van der Waals surface area contributed by atoms with Crippen LogP contribution >= 0.6 is 0 Å². The van der Waals surface area contributed by atoms with Gasteiger partial charge < -0.3 is 5.73 Å². The SMILES string of the molecule is Cc1ccc2c(c1)nc(N)c1ncc(CCc3cc[c]cc3C)cc12. The summed E-state index contributed by atoms with van der Waals surface area (Å²) in [6.45, 7) is 4.20. The molecule has 123 valence electrons. The van der Waals surface area contributed by atoms with E-state index in [1.807, 2.05) is 18.3 Å². The Hall–Kier alpha value is -2.94. The number of nitrogens with zero attached hydrogens (tertiary/aromatic N) is 2. The van der Waals surface area contributed by atoms with Gasteiger partial charge in [-0.05, 0) is 67.1 Å². The maximum absolute atomic E-state index is 6.13. The second kappa shape index (κ2) is 6.17. The maximum Gasteiger partial charge on any atom is 0.150 e. The average molecular weight is 326 g/mol. The van der Waals surface area contributed by atoms with Gasteiger partial charge >= 0.3 is 0 Å². The molecular weight excluding hydrogens is 306 g/mol. The van der Waals surface area contributed by atoms with E-state index in [0.717, 1.165) is 34.6 Å². The quantitative estimate of drug-likeness (QED) is 0.561. The number of aryl methyl sites for hydroxylation is 4. The first kappa shape index (κ1) is 15.6. The third-order valence-electron chi connectivity index (χ3n) is 4.74. The first-order chi connectivity index (χ1) is 12.1. The molecule has 0 spiro atoms. The number of benzene rings is 2. The van der Waals surface area contributed by atoms with Crippen LogP contribution in [0.15, 0.2) is 48.7 Å². The van der Waals surface area contributed by atoms with Crippen LogP contribution in [0.1, 0.15) is 22.3 Å². The smallest absolute Gasteiger partial charge is 0.150 e. The van der Waals surface area contributed by atoms with Gasteiger partial charge in [-0.3, -0.25) is 4.98 Å². The van der Waals surface area contributed by atoms with E-state index in [2.05, 4.69) is 60.2 Å². The highest BCUT2D eigenvalue weighted by Gasteiger charge is 2.09. The molecule has 4 rings (SSSR count). The zero-order chi connectivity index (χ0) is 17.4. The van der Waals surface area contributed by atoms with Crippen LogP contribution in [0.4, 0.5) is 5.82 Å². The lowest BCUT2D eigenvalue weighted by Crippen LogP contribution is -1.99. The van der Waals surface area contributed by atoms with E-state index >= 15 is 0 Å². The van der Waals surface area contributed by atoms with Gasteiger partial charge in [0.2, 0.25) is 0 Å². The predicted molar refractivity (Wildman–Crippen MR) is 104 cm³/mol. The Bertz CT molecular complexity index is 1080. The van der Waals surface area contributed by atoms with E-state index in [1.54, 1.807) is 0 Å². The molecule has 2 heterocycles. The van der Waals surface area contributed by atoms with Crippen LogP contribution in [0.3, 0.4) is 0 Å². The third-order valence-corrected chi connectivity index (χ3v) is 4.74. The monoisotopic (exact) mass is 326 g/mol. The number of fused-ring (bicyclic) bond motifs is 3. The Labute approximate surface area is 147 Å². The summed E-state index contributed by atoms with van der Waals surface area (Å²) in [6, 6.07) is 17.8. The fourth-order valence-electron chi connectivity index (χ4n) is 3.30. The molecule has 1 radical (unpaired) electrons. The van der Waals surface area contributed by atoms with Crippen LogP contribution in [0.5, 0.6) is 0 Å². The Morgan fingerprint density at radius 3 is 2.76 bits per heavy atom. The summed E-state index contributed by atoms with van der Waals surface area (Å²) in [7, 11) is 0. The maximum atomic E-state index is 6.13. The molecule has 0 aliphatic rings. The lowest BCUT2D eigenvalue weighted by atomic mass is 10.00. The van der Waals surface area contributed by atoms with Crippen molar-refractivity contribution in [1.82, 2.24) is 9.97 Å². The summed E-state index contributed by atoms with van der Waals surface area (Å²) in [5.74, 6) is 0.495. The minimum absolute atomic E-state index is 0.495. The van der Waals surface area contributed by atoms with Gasteiger partial charge in [0.1, 0.15) is 5.52 Å². The molecule has 3 nitrogen and oxygen atoms in total. The molecule has 3 heteroatoms. The largest absolute Gasteiger partial charge is 0.382 e. The van der Waals surface area contributed by atoms with Gasteiger partial charge in [0, 0.05) is 17.0 Å². The van der Waals surface area contributed by atoms with E-state index in [1.165, 1.54) is 22.3 Å². The summed E-state index contributed by atoms with van der Waals surface area (Å²) < 4.78 is 0. The molecule has 0 fully saturated rings. The lowest BCUT2D eigenvalue weighted by molar-refractivity contribution is 0.944. The van der Waals surface area contributed by atoms with Crippen LogP contribution < -0.4 is 5.73 Å². The van der Waals surface area contributed by atoms with Crippen molar-refractivity contribution in [3.8, 4) is 0 Å². The van der Waals surface area contributed by atoms with E-state index < -0.39 is 0 Å². The van der Waals surface area contributed by atoms with Crippen molar-refractivity contribution < 1.29 is 0 Å². The van der Waals surface area contributed by atoms with Crippen LogP contribution in [0.2, 0.25) is 0 Å². The average Bonchev–Trinajstić information content (AvgIpc) is 2.61. The molecule has 2 aromatic heterocycles. The minimum atomic E-state index is 0.495. The fraction of sp³-hybridized carbons (Fsp3) is 0.182. The standard InChI is InChI=1S/C22H20N3/c1-14-7-10-18-19-12-16(8-9-17-6-4-3-5-15(17)2)13-24-21(19)22(23)25-20(18)11-14/h4-7,10-13H,8-9H2,1-2H3,(H2,23,25). The molecule has 0 saturated carbocycles. The van der Waals surface area contributed by atoms with Crippen molar-refractivity contribution in [2.24, 2.45) is 0 Å². The van der Waals surface area contributed by atoms with Crippen molar-refractivity contribution >= 4 is 27.6 Å². The number of nitrogen functional groups attached to an aromatic ring is 1. The van der Waals surface area contributed by atoms with Crippen LogP contribution in [-0.2, 0) is 12.8 Å². The van der Waals surface area contributed by atoms with Crippen molar-refractivity contribution in [3.05, 3.63) is 77.0 Å². The van der Waals surface area contributed by atoms with Crippen molar-refractivity contribution in [2.75, 3.05) is 5.73 Å². The molecule has 0 saturated heterocycles. The fourth-order valence-corrected chi connectivity index (χ4v) is 3.30. The first-order valence-corrected chi connectivity index (χ1v) is 8.52. The molecule has 0 aliphatic carbocycles. The van der Waals surface area contributed by atoms with Gasteiger partial charge in [-0.1, -0.05) is 30.3 Å². The molecule has 4 aromatic rings. The topological polar surface area (TPSA) is 51.8 Å². The number of rotatable bonds is 3. The highest BCUT2D eigenvalue weighted by molar-refractivity contribution is 6.08. The molecule has 2 aromatic carbocycles. The van der Waals surface area contributed by atoms with E-state index in [4.69, 9.17) is 5.73 Å². The second-order valence-corrected chi connectivity index (χ2v) is 6.61. The van der Waals surface area contributed by atoms with Crippen LogP contribution in [0, 0.1) is 19.9 Å². The molecule has 0 unspecified atom stereocenters. The number of pyridine rings is 2. The molecule has 0 aliphatic heterocycles. The van der Waals surface area contributed by atoms with Crippen LogP contribution in [0.25, 0.3) is 21.8 Å². The molecule has 0 atom stereocenters. The van der Waals surface area contributed by atoms with Gasteiger partial charge in [0.05, 0.1) is 5.52 Å². The second-order valence-electron chi connectivity index (χ2n) is 6.61. The molecule has 0 bridgehead atoms. The summed E-state index contributed by atoms with van der Waals surface area (Å²) >= 11 is 0. The van der Waals surface area contributed by atoms with E-state index in [9.17, 15) is 0 Å². The highest BCUT2D eigenvalue weighted by atomic mass is 14.9. The van der Waals surface area contributed by atoms with E-state index in [0.29, 0.717) is 5.82 Å². The van der Waals surface area contributed by atoms with Gasteiger partial charge in [-0.25, -0.2) is 4.98 Å². The van der Waals surface area contributed by atoms with Crippen molar-refractivity contribution in [1.29, 1.82) is 0 Å². The normalized spacial score (nSPS) is 11.3. The summed E-state index contributed by atoms with van der Waals surface area (Å²) in [6.07, 6.45) is 3.86. The molecular formula is C22H20N3. The molecule has 2 N–H and O–H groups in total. The van der Waals surface area contributed by atoms with Crippen LogP contribution in [-0.4, -0.2) is 9.97 Å². The number of nitrogens with two attached hydrogens (primary N) is 1. The summed E-state index contributed by atoms with van der Waals surface area (Å²) in [5, 5.41) is 2.19. The van der Waals surface area contributed by atoms with Crippen molar-refractivity contribution in [3.63, 3.8) is 0 Å². The minimum Gasteiger partial charge on any atom is -0.382 e. The van der Waals surface area contributed by atoms with Gasteiger partial charge in [0.25, 0.3) is 0 Å². The van der Waals surface area contributed by atoms with Crippen molar-refractivity contribution in [2.45, 2.75) is 26.7 Å². The lowest BCUT2D eigenvalue weighted by Gasteiger charge is -2.09. The van der Waals surface area contributed by atoms with Gasteiger partial charge in [0.15, 0.2) is 5.82 Å². The number of aromatic nitrogens is 2. The Balaban J connectivity index is 1.76. The molecule has 0 amide bonds.